The molecule has 1 atom stereocenters. The Morgan fingerprint density at radius 3 is 2.80 bits per heavy atom. The van der Waals surface area contributed by atoms with Crippen molar-refractivity contribution in [1.82, 2.24) is 0 Å². The molecule has 0 aliphatic carbocycles. The van der Waals surface area contributed by atoms with Gasteiger partial charge in [-0.05, 0) is 30.7 Å². The first-order valence-corrected chi connectivity index (χ1v) is 8.43. The maximum absolute atomic E-state index is 12.3. The number of hydrogen-bond donors (Lipinski definition) is 2. The van der Waals surface area contributed by atoms with E-state index in [9.17, 15) is 19.7 Å². The van der Waals surface area contributed by atoms with Crippen molar-refractivity contribution in [2.75, 3.05) is 10.6 Å². The summed E-state index contributed by atoms with van der Waals surface area (Å²) >= 11 is 1.35. The number of aryl methyl sites for hydroxylation is 1. The summed E-state index contributed by atoms with van der Waals surface area (Å²) in [7, 11) is 0. The molecule has 0 radical (unpaired) electrons. The number of nitrogens with zero attached hydrogens (tertiary/aromatic N) is 1. The molecular weight excluding hydrogens is 342 g/mol. The van der Waals surface area contributed by atoms with Gasteiger partial charge in [-0.1, -0.05) is 12.1 Å². The Morgan fingerprint density at radius 1 is 1.32 bits per heavy atom. The normalized spacial score (nSPS) is 15.9. The monoisotopic (exact) mass is 357 g/mol. The average Bonchev–Trinajstić information content (AvgIpc) is 2.57. The maximum Gasteiger partial charge on any atom is 0.269 e. The molecule has 1 aliphatic heterocycles. The first-order valence-electron chi connectivity index (χ1n) is 7.55. The summed E-state index contributed by atoms with van der Waals surface area (Å²) in [6.45, 7) is 1.68. The molecule has 7 nitrogen and oxygen atoms in total. The van der Waals surface area contributed by atoms with Gasteiger partial charge in [-0.15, -0.1) is 11.8 Å². The number of carbonyl (C=O) groups is 2. The van der Waals surface area contributed by atoms with Crippen LogP contribution in [0.3, 0.4) is 0 Å². The second-order valence-electron chi connectivity index (χ2n) is 5.60. The lowest BCUT2D eigenvalue weighted by atomic mass is 10.1. The van der Waals surface area contributed by atoms with Crippen LogP contribution in [-0.4, -0.2) is 22.0 Å². The summed E-state index contributed by atoms with van der Waals surface area (Å²) in [5.74, 6) is -0.525. The van der Waals surface area contributed by atoms with E-state index in [-0.39, 0.29) is 23.9 Å². The Hall–Kier alpha value is -2.87. The maximum atomic E-state index is 12.3. The molecule has 0 saturated carbocycles. The number of benzene rings is 2. The number of hydrogen-bond acceptors (Lipinski definition) is 5. The van der Waals surface area contributed by atoms with Gasteiger partial charge >= 0.3 is 0 Å². The van der Waals surface area contributed by atoms with Crippen LogP contribution in [0.25, 0.3) is 0 Å². The van der Waals surface area contributed by atoms with Crippen LogP contribution in [0.4, 0.5) is 17.1 Å². The Morgan fingerprint density at radius 2 is 2.08 bits per heavy atom. The standard InChI is InChI=1S/C17H15N3O4S/c1-10-8-11(20(23)24)6-7-12(10)18-16(21)9-15-17(22)19-13-4-2-3-5-14(13)25-15/h2-8,15H,9H2,1H3,(H,18,21)(H,19,22)/t15-/m0/s1. The van der Waals surface area contributed by atoms with E-state index in [1.165, 1.54) is 30.0 Å². The second-order valence-corrected chi connectivity index (χ2v) is 6.85. The first-order chi connectivity index (χ1) is 11.9. The summed E-state index contributed by atoms with van der Waals surface area (Å²) < 4.78 is 0. The number of fused-ring (bicyclic) bond motifs is 1. The van der Waals surface area contributed by atoms with E-state index in [0.29, 0.717) is 11.3 Å². The lowest BCUT2D eigenvalue weighted by Crippen LogP contribution is -2.32. The highest BCUT2D eigenvalue weighted by Gasteiger charge is 2.28. The highest BCUT2D eigenvalue weighted by atomic mass is 32.2. The summed E-state index contributed by atoms with van der Waals surface area (Å²) in [6.07, 6.45) is 0.0151. The minimum atomic E-state index is -0.520. The molecule has 2 amide bonds. The van der Waals surface area contributed by atoms with E-state index in [0.717, 1.165) is 10.6 Å². The van der Waals surface area contributed by atoms with Crippen LogP contribution in [0.5, 0.6) is 0 Å². The molecule has 8 heteroatoms. The zero-order chi connectivity index (χ0) is 18.0. The van der Waals surface area contributed by atoms with Gasteiger partial charge in [0.05, 0.1) is 15.9 Å². The molecule has 2 N–H and O–H groups in total. The zero-order valence-corrected chi connectivity index (χ0v) is 14.1. The van der Waals surface area contributed by atoms with Gasteiger partial charge in [0.1, 0.15) is 0 Å². The van der Waals surface area contributed by atoms with Crippen LogP contribution in [0, 0.1) is 17.0 Å². The minimum Gasteiger partial charge on any atom is -0.326 e. The Bertz CT molecular complexity index is 869. The fraction of sp³-hybridized carbons (Fsp3) is 0.176. The van der Waals surface area contributed by atoms with Gasteiger partial charge in [-0.3, -0.25) is 19.7 Å². The fourth-order valence-corrected chi connectivity index (χ4v) is 3.61. The van der Waals surface area contributed by atoms with E-state index in [4.69, 9.17) is 0 Å². The predicted octanol–water partition coefficient (Wildman–Crippen LogP) is 3.34. The number of non-ortho nitro benzene ring substituents is 1. The second kappa shape index (κ2) is 6.94. The van der Waals surface area contributed by atoms with Crippen molar-refractivity contribution in [2.45, 2.75) is 23.5 Å². The third-order valence-electron chi connectivity index (χ3n) is 3.77. The highest BCUT2D eigenvalue weighted by molar-refractivity contribution is 8.01. The number of nitrogens with one attached hydrogen (secondary N) is 2. The minimum absolute atomic E-state index is 0.0151. The molecule has 0 bridgehead atoms. The van der Waals surface area contributed by atoms with Gasteiger partial charge in [0.2, 0.25) is 11.8 Å². The lowest BCUT2D eigenvalue weighted by molar-refractivity contribution is -0.384. The molecule has 0 unspecified atom stereocenters. The molecule has 0 fully saturated rings. The molecule has 25 heavy (non-hydrogen) atoms. The van der Waals surface area contributed by atoms with Crippen molar-refractivity contribution in [2.24, 2.45) is 0 Å². The summed E-state index contributed by atoms with van der Waals surface area (Å²) in [4.78, 5) is 35.6. The quantitative estimate of drug-likeness (QED) is 0.645. The van der Waals surface area contributed by atoms with Crippen molar-refractivity contribution >= 4 is 40.6 Å². The summed E-state index contributed by atoms with van der Waals surface area (Å²) in [5.41, 5.74) is 1.81. The van der Waals surface area contributed by atoms with Crippen LogP contribution in [0.2, 0.25) is 0 Å². The molecule has 0 spiro atoms. The van der Waals surface area contributed by atoms with Crippen LogP contribution >= 0.6 is 11.8 Å². The number of para-hydroxylation sites is 1. The number of rotatable bonds is 4. The zero-order valence-electron chi connectivity index (χ0n) is 13.3. The summed E-state index contributed by atoms with van der Waals surface area (Å²) in [6, 6.07) is 11.6. The summed E-state index contributed by atoms with van der Waals surface area (Å²) in [5, 5.41) is 15.7. The van der Waals surface area contributed by atoms with Crippen molar-refractivity contribution in [3.8, 4) is 0 Å². The Labute approximate surface area is 148 Å². The third-order valence-corrected chi connectivity index (χ3v) is 5.05. The molecule has 0 aromatic heterocycles. The first kappa shape index (κ1) is 17.0. The van der Waals surface area contributed by atoms with Crippen LogP contribution in [0.15, 0.2) is 47.4 Å². The molecule has 2 aromatic rings. The highest BCUT2D eigenvalue weighted by Crippen LogP contribution is 2.36. The topological polar surface area (TPSA) is 101 Å². The van der Waals surface area contributed by atoms with Gasteiger partial charge in [-0.2, -0.15) is 0 Å². The molecule has 1 heterocycles. The molecule has 0 saturated heterocycles. The fourth-order valence-electron chi connectivity index (χ4n) is 2.50. The van der Waals surface area contributed by atoms with Gasteiger partial charge in [0.25, 0.3) is 5.69 Å². The number of carbonyl (C=O) groups excluding carboxylic acids is 2. The third kappa shape index (κ3) is 3.80. The number of amides is 2. The lowest BCUT2D eigenvalue weighted by Gasteiger charge is -2.23. The van der Waals surface area contributed by atoms with Crippen molar-refractivity contribution < 1.29 is 14.5 Å². The van der Waals surface area contributed by atoms with Gasteiger partial charge in [0.15, 0.2) is 0 Å². The van der Waals surface area contributed by atoms with Gasteiger partial charge < -0.3 is 10.6 Å². The Kier molecular flexibility index (Phi) is 4.71. The number of anilines is 2. The van der Waals surface area contributed by atoms with E-state index in [2.05, 4.69) is 10.6 Å². The van der Waals surface area contributed by atoms with Crippen LogP contribution in [0.1, 0.15) is 12.0 Å². The molecule has 1 aliphatic rings. The van der Waals surface area contributed by atoms with E-state index in [1.54, 1.807) is 6.92 Å². The Balaban J connectivity index is 1.67. The van der Waals surface area contributed by atoms with Gasteiger partial charge in [0, 0.05) is 29.1 Å². The largest absolute Gasteiger partial charge is 0.326 e. The number of nitro groups is 1. The van der Waals surface area contributed by atoms with Crippen molar-refractivity contribution in [3.63, 3.8) is 0 Å². The van der Waals surface area contributed by atoms with Crippen molar-refractivity contribution in [1.29, 1.82) is 0 Å². The van der Waals surface area contributed by atoms with Gasteiger partial charge in [-0.25, -0.2) is 0 Å². The molecule has 128 valence electrons. The van der Waals surface area contributed by atoms with E-state index < -0.39 is 10.2 Å². The van der Waals surface area contributed by atoms with E-state index in [1.807, 2.05) is 24.3 Å². The SMILES string of the molecule is Cc1cc([N+](=O)[O-])ccc1NC(=O)C[C@@H]1Sc2ccccc2NC1=O. The van der Waals surface area contributed by atoms with Crippen molar-refractivity contribution in [3.05, 3.63) is 58.1 Å². The molecular formula is C17H15N3O4S. The number of nitro benzene ring substituents is 1. The number of thioether (sulfide) groups is 1. The van der Waals surface area contributed by atoms with Crippen LogP contribution in [-0.2, 0) is 9.59 Å². The predicted molar refractivity (Wildman–Crippen MR) is 95.8 cm³/mol. The van der Waals surface area contributed by atoms with E-state index >= 15 is 0 Å². The molecule has 3 rings (SSSR count). The molecule has 2 aromatic carbocycles. The van der Waals surface area contributed by atoms with Crippen LogP contribution < -0.4 is 10.6 Å². The average molecular weight is 357 g/mol. The smallest absolute Gasteiger partial charge is 0.269 e.